The van der Waals surface area contributed by atoms with Crippen molar-refractivity contribution < 1.29 is 14.3 Å². The molecule has 0 aromatic heterocycles. The fraction of sp³-hybridized carbons (Fsp3) is 0.310. The van der Waals surface area contributed by atoms with Crippen LogP contribution in [-0.2, 0) is 11.2 Å². The number of morpholine rings is 1. The summed E-state index contributed by atoms with van der Waals surface area (Å²) in [6, 6.07) is 20.7. The van der Waals surface area contributed by atoms with Crippen LogP contribution < -0.4 is 16.0 Å². The Balaban J connectivity index is 1.63. The van der Waals surface area contributed by atoms with E-state index in [1.165, 1.54) is 0 Å². The molecule has 3 N–H and O–H groups in total. The lowest BCUT2D eigenvalue weighted by Crippen LogP contribution is -2.47. The van der Waals surface area contributed by atoms with Crippen LogP contribution in [0.1, 0.15) is 21.5 Å². The maximum absolute atomic E-state index is 13.5. The zero-order valence-electron chi connectivity index (χ0n) is 21.1. The summed E-state index contributed by atoms with van der Waals surface area (Å²) in [6.45, 7) is 6.69. The van der Waals surface area contributed by atoms with Gasteiger partial charge in [0.15, 0.2) is 0 Å². The van der Waals surface area contributed by atoms with Gasteiger partial charge in [-0.25, -0.2) is 4.79 Å². The molecule has 0 radical (unpaired) electrons. The topological polar surface area (TPSA) is 87.9 Å². The van der Waals surface area contributed by atoms with Gasteiger partial charge in [0.05, 0.1) is 13.2 Å². The molecule has 37 heavy (non-hydrogen) atoms. The summed E-state index contributed by atoms with van der Waals surface area (Å²) in [5, 5.41) is 3.68. The standard InChI is InChI=1S/C29H33ClN4O3/c1-21-26(12-11-25(28(31)35)27(21)23-7-9-24(30)10-8-23)34(16-15-33-17-19-37-20-18-33)29(36)32-14-13-22-5-3-2-4-6-22/h2-12H,13-20H2,1H3,(H2,31,35)(H,32,36). The third-order valence-corrected chi connectivity index (χ3v) is 6.90. The Hall–Kier alpha value is -3.39. The number of nitrogens with one attached hydrogen (secondary N) is 1. The van der Waals surface area contributed by atoms with E-state index in [1.54, 1.807) is 23.1 Å². The smallest absolute Gasteiger partial charge is 0.321 e. The zero-order chi connectivity index (χ0) is 26.2. The Bertz CT molecular complexity index is 1210. The van der Waals surface area contributed by atoms with Crippen molar-refractivity contribution in [2.24, 2.45) is 5.73 Å². The summed E-state index contributed by atoms with van der Waals surface area (Å²) in [5.41, 5.74) is 10.4. The van der Waals surface area contributed by atoms with Crippen molar-refractivity contribution in [1.82, 2.24) is 10.2 Å². The number of rotatable bonds is 9. The van der Waals surface area contributed by atoms with Gasteiger partial charge >= 0.3 is 6.03 Å². The molecule has 0 bridgehead atoms. The zero-order valence-corrected chi connectivity index (χ0v) is 21.8. The number of nitrogens with two attached hydrogens (primary N) is 1. The van der Waals surface area contributed by atoms with E-state index in [1.807, 2.05) is 55.5 Å². The van der Waals surface area contributed by atoms with Gasteiger partial charge in [0, 0.05) is 49.0 Å². The Morgan fingerprint density at radius 1 is 1.03 bits per heavy atom. The van der Waals surface area contributed by atoms with Gasteiger partial charge in [0.25, 0.3) is 0 Å². The van der Waals surface area contributed by atoms with Crippen LogP contribution in [0.5, 0.6) is 0 Å². The number of primary amides is 1. The monoisotopic (exact) mass is 520 g/mol. The van der Waals surface area contributed by atoms with E-state index in [-0.39, 0.29) is 6.03 Å². The lowest BCUT2D eigenvalue weighted by molar-refractivity contribution is 0.0393. The second-order valence-corrected chi connectivity index (χ2v) is 9.51. The van der Waals surface area contributed by atoms with Crippen LogP contribution in [0.4, 0.5) is 10.5 Å². The van der Waals surface area contributed by atoms with Crippen molar-refractivity contribution in [3.8, 4) is 11.1 Å². The minimum absolute atomic E-state index is 0.179. The molecule has 3 aromatic rings. The highest BCUT2D eigenvalue weighted by Crippen LogP contribution is 2.35. The number of carbonyl (C=O) groups is 2. The van der Waals surface area contributed by atoms with E-state index >= 15 is 0 Å². The molecular formula is C29H33ClN4O3. The van der Waals surface area contributed by atoms with Gasteiger partial charge in [-0.3, -0.25) is 14.6 Å². The first-order chi connectivity index (χ1) is 17.9. The Labute approximate surface area is 223 Å². The number of hydrogen-bond donors (Lipinski definition) is 2. The molecule has 0 aliphatic carbocycles. The van der Waals surface area contributed by atoms with Crippen LogP contribution in [0.2, 0.25) is 5.02 Å². The van der Waals surface area contributed by atoms with Crippen LogP contribution in [0, 0.1) is 6.92 Å². The first-order valence-corrected chi connectivity index (χ1v) is 12.9. The van der Waals surface area contributed by atoms with E-state index < -0.39 is 5.91 Å². The maximum Gasteiger partial charge on any atom is 0.321 e. The Kier molecular flexibility index (Phi) is 9.17. The molecule has 1 aliphatic rings. The van der Waals surface area contributed by atoms with Gasteiger partial charge in [-0.1, -0.05) is 54.1 Å². The van der Waals surface area contributed by atoms with E-state index in [4.69, 9.17) is 22.1 Å². The summed E-state index contributed by atoms with van der Waals surface area (Å²) >= 11 is 6.11. The Morgan fingerprint density at radius 2 is 1.73 bits per heavy atom. The quantitative estimate of drug-likeness (QED) is 0.434. The lowest BCUT2D eigenvalue weighted by atomic mass is 9.93. The van der Waals surface area contributed by atoms with Gasteiger partial charge in [0.1, 0.15) is 0 Å². The van der Waals surface area contributed by atoms with E-state index in [0.29, 0.717) is 49.0 Å². The molecule has 3 amide bonds. The summed E-state index contributed by atoms with van der Waals surface area (Å²) in [4.78, 5) is 29.9. The molecule has 3 aromatic carbocycles. The second-order valence-electron chi connectivity index (χ2n) is 9.08. The molecule has 7 nitrogen and oxygen atoms in total. The van der Waals surface area contributed by atoms with Crippen molar-refractivity contribution >= 4 is 29.2 Å². The minimum atomic E-state index is -0.522. The van der Waals surface area contributed by atoms with Gasteiger partial charge in [-0.2, -0.15) is 0 Å². The van der Waals surface area contributed by atoms with Crippen molar-refractivity contribution in [3.63, 3.8) is 0 Å². The average Bonchev–Trinajstić information content (AvgIpc) is 2.91. The van der Waals surface area contributed by atoms with Gasteiger partial charge in [-0.15, -0.1) is 0 Å². The molecule has 8 heteroatoms. The molecule has 1 saturated heterocycles. The third-order valence-electron chi connectivity index (χ3n) is 6.65. The fourth-order valence-corrected chi connectivity index (χ4v) is 4.76. The third kappa shape index (κ3) is 6.89. The van der Waals surface area contributed by atoms with Gasteiger partial charge in [0.2, 0.25) is 5.91 Å². The lowest BCUT2D eigenvalue weighted by Gasteiger charge is -2.31. The molecule has 194 valence electrons. The predicted octanol–water partition coefficient (Wildman–Crippen LogP) is 4.51. The molecule has 0 spiro atoms. The summed E-state index contributed by atoms with van der Waals surface area (Å²) in [7, 11) is 0. The van der Waals surface area contributed by atoms with Crippen molar-refractivity contribution in [3.05, 3.63) is 88.4 Å². The molecule has 1 heterocycles. The number of nitrogens with zero attached hydrogens (tertiary/aromatic N) is 2. The number of anilines is 1. The average molecular weight is 521 g/mol. The molecular weight excluding hydrogens is 488 g/mol. The highest BCUT2D eigenvalue weighted by molar-refractivity contribution is 6.30. The first kappa shape index (κ1) is 26.7. The molecule has 1 fully saturated rings. The first-order valence-electron chi connectivity index (χ1n) is 12.5. The molecule has 0 saturated carbocycles. The van der Waals surface area contributed by atoms with E-state index in [9.17, 15) is 9.59 Å². The number of halogens is 1. The number of hydrogen-bond acceptors (Lipinski definition) is 4. The normalized spacial score (nSPS) is 13.8. The SMILES string of the molecule is Cc1c(N(CCN2CCOCC2)C(=O)NCCc2ccccc2)ccc(C(N)=O)c1-c1ccc(Cl)cc1. The summed E-state index contributed by atoms with van der Waals surface area (Å²) in [5.74, 6) is -0.522. The molecule has 1 aliphatic heterocycles. The Morgan fingerprint density at radius 3 is 2.41 bits per heavy atom. The number of amides is 3. The van der Waals surface area contributed by atoms with Crippen molar-refractivity contribution in [2.45, 2.75) is 13.3 Å². The van der Waals surface area contributed by atoms with Gasteiger partial charge in [-0.05, 0) is 59.9 Å². The maximum atomic E-state index is 13.5. The fourth-order valence-electron chi connectivity index (χ4n) is 4.64. The van der Waals surface area contributed by atoms with Crippen LogP contribution in [0.25, 0.3) is 11.1 Å². The molecule has 4 rings (SSSR count). The summed E-state index contributed by atoms with van der Waals surface area (Å²) < 4.78 is 5.47. The second kappa shape index (κ2) is 12.7. The number of ether oxygens (including phenoxy) is 1. The predicted molar refractivity (Wildman–Crippen MR) is 148 cm³/mol. The van der Waals surface area contributed by atoms with E-state index in [0.717, 1.165) is 41.9 Å². The summed E-state index contributed by atoms with van der Waals surface area (Å²) in [6.07, 6.45) is 0.736. The highest BCUT2D eigenvalue weighted by atomic mass is 35.5. The largest absolute Gasteiger partial charge is 0.379 e. The molecule has 0 unspecified atom stereocenters. The molecule has 0 atom stereocenters. The van der Waals surface area contributed by atoms with Crippen LogP contribution in [-0.4, -0.2) is 62.8 Å². The van der Waals surface area contributed by atoms with Crippen molar-refractivity contribution in [2.75, 3.05) is 50.8 Å². The minimum Gasteiger partial charge on any atom is -0.379 e. The number of urea groups is 1. The highest BCUT2D eigenvalue weighted by Gasteiger charge is 2.23. The van der Waals surface area contributed by atoms with Crippen LogP contribution in [0.15, 0.2) is 66.7 Å². The van der Waals surface area contributed by atoms with Gasteiger partial charge < -0.3 is 15.8 Å². The number of carbonyl (C=O) groups excluding carboxylic acids is 2. The van der Waals surface area contributed by atoms with Crippen molar-refractivity contribution in [1.29, 1.82) is 0 Å². The van der Waals surface area contributed by atoms with Crippen LogP contribution >= 0.6 is 11.6 Å². The van der Waals surface area contributed by atoms with Crippen LogP contribution in [0.3, 0.4) is 0 Å². The number of benzene rings is 3. The van der Waals surface area contributed by atoms with E-state index in [2.05, 4.69) is 10.2 Å².